The maximum Gasteiger partial charge on any atom is 0.109 e. The third-order valence-corrected chi connectivity index (χ3v) is 2.56. The first kappa shape index (κ1) is 12.3. The van der Waals surface area contributed by atoms with Crippen molar-refractivity contribution in [3.8, 4) is 11.8 Å². The van der Waals surface area contributed by atoms with E-state index in [-0.39, 0.29) is 0 Å². The molecule has 0 amide bonds. The fraction of sp³-hybridized carbons (Fsp3) is 0.333. The van der Waals surface area contributed by atoms with E-state index in [1.807, 2.05) is 48.1 Å². The molecule has 0 spiro atoms. The molecule has 0 heterocycles. The molecule has 0 aliphatic carbocycles. The van der Waals surface area contributed by atoms with Gasteiger partial charge in [0.2, 0.25) is 0 Å². The Labute approximate surface area is 105 Å². The molecule has 0 bridgehead atoms. The lowest BCUT2D eigenvalue weighted by molar-refractivity contribution is 0.417. The Morgan fingerprint density at radius 1 is 1.47 bits per heavy atom. The predicted molar refractivity (Wildman–Crippen MR) is 71.7 cm³/mol. The molecule has 1 aromatic rings. The first-order valence-electron chi connectivity index (χ1n) is 4.83. The van der Waals surface area contributed by atoms with Crippen LogP contribution >= 0.6 is 23.0 Å². The predicted octanol–water partition coefficient (Wildman–Crippen LogP) is 3.08. The molecule has 2 nitrogen and oxygen atoms in total. The van der Waals surface area contributed by atoms with E-state index in [0.717, 1.165) is 36.3 Å². The quantitative estimate of drug-likeness (QED) is 0.403. The zero-order chi connectivity index (χ0) is 11.1. The molecule has 0 aliphatic heterocycles. The molecule has 0 aliphatic rings. The highest BCUT2D eigenvalue weighted by Gasteiger charge is 1.96. The highest BCUT2D eigenvalue weighted by Crippen LogP contribution is 2.14. The Morgan fingerprint density at radius 2 is 2.27 bits per heavy atom. The van der Waals surface area contributed by atoms with E-state index < -0.39 is 0 Å². The normalized spacial score (nSPS) is 9.47. The number of anilines is 1. The second-order valence-corrected chi connectivity index (χ2v) is 3.86. The van der Waals surface area contributed by atoms with Crippen molar-refractivity contribution in [3.05, 3.63) is 29.3 Å². The fourth-order valence-corrected chi connectivity index (χ4v) is 1.47. The number of hydrogen-bond donors (Lipinski definition) is 1. The molecule has 1 aromatic carbocycles. The van der Waals surface area contributed by atoms with Crippen LogP contribution in [0.1, 0.15) is 24.0 Å². The zero-order valence-corrected chi connectivity index (χ0v) is 10.9. The highest BCUT2D eigenvalue weighted by molar-refractivity contribution is 14.1. The van der Waals surface area contributed by atoms with Gasteiger partial charge in [0.25, 0.3) is 0 Å². The van der Waals surface area contributed by atoms with Crippen LogP contribution in [0, 0.1) is 18.8 Å². The van der Waals surface area contributed by atoms with E-state index in [0.29, 0.717) is 0 Å². The van der Waals surface area contributed by atoms with E-state index >= 15 is 0 Å². The molecular weight excluding hydrogens is 301 g/mol. The Hall–Kier alpha value is -0.730. The summed E-state index contributed by atoms with van der Waals surface area (Å²) >= 11 is 1.90. The lowest BCUT2D eigenvalue weighted by atomic mass is 10.1. The smallest absolute Gasteiger partial charge is 0.109 e. The van der Waals surface area contributed by atoms with Crippen molar-refractivity contribution in [3.63, 3.8) is 0 Å². The Bertz CT molecular complexity index is 379. The van der Waals surface area contributed by atoms with Gasteiger partial charge in [-0.2, -0.15) is 0 Å². The number of halogens is 1. The molecule has 1 rings (SSSR count). The van der Waals surface area contributed by atoms with Crippen LogP contribution in [-0.2, 0) is 3.07 Å². The highest BCUT2D eigenvalue weighted by atomic mass is 127. The first-order chi connectivity index (χ1) is 7.25. The van der Waals surface area contributed by atoms with Gasteiger partial charge in [-0.25, -0.2) is 0 Å². The number of benzene rings is 1. The van der Waals surface area contributed by atoms with Crippen molar-refractivity contribution in [1.29, 1.82) is 0 Å². The molecule has 0 radical (unpaired) electrons. The molecule has 0 unspecified atom stereocenters. The van der Waals surface area contributed by atoms with Gasteiger partial charge in [-0.1, -0.05) is 17.9 Å². The molecule has 0 fully saturated rings. The van der Waals surface area contributed by atoms with Gasteiger partial charge in [0.1, 0.15) is 23.0 Å². The summed E-state index contributed by atoms with van der Waals surface area (Å²) < 4.78 is 4.92. The number of rotatable bonds is 3. The number of nitrogen functional groups attached to an aromatic ring is 1. The lowest BCUT2D eigenvalue weighted by Gasteiger charge is -2.00. The summed E-state index contributed by atoms with van der Waals surface area (Å²) in [6.07, 6.45) is 1.83. The Morgan fingerprint density at radius 3 is 3.00 bits per heavy atom. The molecule has 0 aromatic heterocycles. The molecule has 80 valence electrons. The second-order valence-electron chi connectivity index (χ2n) is 3.24. The Balaban J connectivity index is 2.60. The van der Waals surface area contributed by atoms with Crippen LogP contribution in [0.3, 0.4) is 0 Å². The van der Waals surface area contributed by atoms with E-state index in [2.05, 4.69) is 11.8 Å². The zero-order valence-electron chi connectivity index (χ0n) is 8.72. The van der Waals surface area contributed by atoms with Crippen molar-refractivity contribution < 1.29 is 3.07 Å². The average Bonchev–Trinajstić information content (AvgIpc) is 2.24. The molecular formula is C12H14INO. The molecule has 2 N–H and O–H groups in total. The SMILES string of the molecule is Cc1c(N)cccc1C#CCCCOI. The van der Waals surface area contributed by atoms with Crippen LogP contribution in [0.25, 0.3) is 0 Å². The average molecular weight is 315 g/mol. The van der Waals surface area contributed by atoms with Crippen molar-refractivity contribution in [1.82, 2.24) is 0 Å². The van der Waals surface area contributed by atoms with Crippen molar-refractivity contribution in [2.75, 3.05) is 12.3 Å². The minimum Gasteiger partial charge on any atom is -0.398 e. The fourth-order valence-electron chi connectivity index (χ4n) is 1.16. The summed E-state index contributed by atoms with van der Waals surface area (Å²) in [5, 5.41) is 0. The standard InChI is InChI=1S/C12H14INO/c1-10-11(7-5-8-12(10)14)6-3-2-4-9-15-13/h5,7-8H,2,4,9,14H2,1H3. The van der Waals surface area contributed by atoms with Crippen LogP contribution in [0.5, 0.6) is 0 Å². The van der Waals surface area contributed by atoms with Gasteiger partial charge in [0, 0.05) is 17.7 Å². The molecule has 0 saturated carbocycles. The number of unbranched alkanes of at least 4 members (excludes halogenated alkanes) is 1. The summed E-state index contributed by atoms with van der Waals surface area (Å²) in [5.41, 5.74) is 8.67. The third kappa shape index (κ3) is 4.10. The summed E-state index contributed by atoms with van der Waals surface area (Å²) in [6.45, 7) is 2.75. The monoisotopic (exact) mass is 315 g/mol. The van der Waals surface area contributed by atoms with E-state index in [1.165, 1.54) is 0 Å². The van der Waals surface area contributed by atoms with Crippen LogP contribution in [0.4, 0.5) is 5.69 Å². The minimum atomic E-state index is 0.755. The van der Waals surface area contributed by atoms with Gasteiger partial charge in [0.15, 0.2) is 0 Å². The van der Waals surface area contributed by atoms with Crippen LogP contribution in [0.2, 0.25) is 0 Å². The summed E-state index contributed by atoms with van der Waals surface area (Å²) in [6, 6.07) is 5.82. The minimum absolute atomic E-state index is 0.755. The first-order valence-corrected chi connectivity index (χ1v) is 5.71. The maximum absolute atomic E-state index is 5.78. The van der Waals surface area contributed by atoms with E-state index in [4.69, 9.17) is 8.80 Å². The van der Waals surface area contributed by atoms with E-state index in [1.54, 1.807) is 0 Å². The second kappa shape index (κ2) is 6.70. The molecule has 15 heavy (non-hydrogen) atoms. The van der Waals surface area contributed by atoms with Crippen LogP contribution in [-0.4, -0.2) is 6.61 Å². The van der Waals surface area contributed by atoms with Crippen molar-refractivity contribution in [2.24, 2.45) is 0 Å². The molecule has 3 heteroatoms. The van der Waals surface area contributed by atoms with Crippen LogP contribution < -0.4 is 5.73 Å². The Kier molecular flexibility index (Phi) is 5.51. The third-order valence-electron chi connectivity index (χ3n) is 2.12. The van der Waals surface area contributed by atoms with Gasteiger partial charge in [-0.15, -0.1) is 0 Å². The van der Waals surface area contributed by atoms with E-state index in [9.17, 15) is 0 Å². The van der Waals surface area contributed by atoms with Gasteiger partial charge >= 0.3 is 0 Å². The summed E-state index contributed by atoms with van der Waals surface area (Å²) in [4.78, 5) is 0. The number of hydrogen-bond acceptors (Lipinski definition) is 2. The maximum atomic E-state index is 5.78. The topological polar surface area (TPSA) is 35.2 Å². The largest absolute Gasteiger partial charge is 0.398 e. The van der Waals surface area contributed by atoms with Gasteiger partial charge in [-0.3, -0.25) is 0 Å². The lowest BCUT2D eigenvalue weighted by Crippen LogP contribution is -1.91. The number of nitrogens with two attached hydrogens (primary N) is 1. The van der Waals surface area contributed by atoms with Gasteiger partial charge < -0.3 is 8.80 Å². The summed E-state index contributed by atoms with van der Waals surface area (Å²) in [7, 11) is 0. The molecule has 0 atom stereocenters. The summed E-state index contributed by atoms with van der Waals surface area (Å²) in [5.74, 6) is 6.24. The van der Waals surface area contributed by atoms with Gasteiger partial charge in [-0.05, 0) is 31.0 Å². The van der Waals surface area contributed by atoms with Crippen molar-refractivity contribution >= 4 is 28.7 Å². The van der Waals surface area contributed by atoms with Gasteiger partial charge in [0.05, 0.1) is 6.61 Å². The molecule has 0 saturated heterocycles. The van der Waals surface area contributed by atoms with Crippen LogP contribution in [0.15, 0.2) is 18.2 Å². The van der Waals surface area contributed by atoms with Crippen molar-refractivity contribution in [2.45, 2.75) is 19.8 Å².